The first kappa shape index (κ1) is 17.6. The first-order valence-electron chi connectivity index (χ1n) is 3.88. The maximum absolute atomic E-state index is 9.03. The molecule has 7 heteroatoms. The number of alkyl halides is 2. The van der Waals surface area contributed by atoms with Crippen molar-refractivity contribution in [1.29, 1.82) is 0 Å². The van der Waals surface area contributed by atoms with Gasteiger partial charge in [0.25, 0.3) is 0 Å². The average molecular weight is 283 g/mol. The van der Waals surface area contributed by atoms with E-state index in [1.165, 1.54) is 21.6 Å². The van der Waals surface area contributed by atoms with Gasteiger partial charge in [-0.15, -0.1) is 23.2 Å². The molecule has 0 heterocycles. The molecule has 0 aliphatic heterocycles. The molecule has 88 valence electrons. The second-order valence-electron chi connectivity index (χ2n) is 2.19. The topological polar surface area (TPSA) is 60.7 Å². The standard InChI is InChI=1S/C6H12Cl2O2S2.CH4O/c7-1-5(9)3-11-12-4-6(10)2-8;1-2/h5-6,9-10H,1-4H2;2H,1H3. The molecule has 0 spiro atoms. The fourth-order valence-electron chi connectivity index (χ4n) is 0.342. The first-order chi connectivity index (χ1) is 6.70. The smallest absolute Gasteiger partial charge is 0.0774 e. The quantitative estimate of drug-likeness (QED) is 0.372. The van der Waals surface area contributed by atoms with Gasteiger partial charge in [-0.3, -0.25) is 0 Å². The largest absolute Gasteiger partial charge is 0.400 e. The molecule has 0 amide bonds. The molecule has 0 saturated heterocycles. The molecular weight excluding hydrogens is 267 g/mol. The summed E-state index contributed by atoms with van der Waals surface area (Å²) in [6.07, 6.45) is -0.922. The second-order valence-corrected chi connectivity index (χ2v) is 5.35. The Bertz CT molecular complexity index is 98.9. The molecule has 0 aromatic rings. The molecule has 3 nitrogen and oxygen atoms in total. The monoisotopic (exact) mass is 282 g/mol. The van der Waals surface area contributed by atoms with Crippen LogP contribution in [-0.2, 0) is 0 Å². The van der Waals surface area contributed by atoms with Gasteiger partial charge in [-0.25, -0.2) is 0 Å². The Kier molecular flexibility index (Phi) is 17.8. The first-order valence-corrected chi connectivity index (χ1v) is 7.43. The highest BCUT2D eigenvalue weighted by Gasteiger charge is 2.04. The van der Waals surface area contributed by atoms with Gasteiger partial charge in [0.15, 0.2) is 0 Å². The lowest BCUT2D eigenvalue weighted by Crippen LogP contribution is -2.12. The van der Waals surface area contributed by atoms with Crippen molar-refractivity contribution < 1.29 is 15.3 Å². The van der Waals surface area contributed by atoms with Crippen LogP contribution in [0.15, 0.2) is 0 Å². The third kappa shape index (κ3) is 13.2. The Morgan fingerprint density at radius 3 is 1.43 bits per heavy atom. The summed E-state index contributed by atoms with van der Waals surface area (Å²) in [5.74, 6) is 1.68. The Morgan fingerprint density at radius 2 is 1.21 bits per heavy atom. The van der Waals surface area contributed by atoms with Gasteiger partial charge in [0, 0.05) is 30.4 Å². The highest BCUT2D eigenvalue weighted by molar-refractivity contribution is 8.76. The third-order valence-electron chi connectivity index (χ3n) is 0.960. The third-order valence-corrected chi connectivity index (χ3v) is 4.20. The van der Waals surface area contributed by atoms with Crippen molar-refractivity contribution in [2.75, 3.05) is 30.4 Å². The minimum atomic E-state index is -0.461. The summed E-state index contributed by atoms with van der Waals surface area (Å²) >= 11 is 10.8. The fourth-order valence-corrected chi connectivity index (χ4v) is 3.08. The molecule has 0 aliphatic rings. The van der Waals surface area contributed by atoms with Crippen LogP contribution in [0.5, 0.6) is 0 Å². The van der Waals surface area contributed by atoms with Crippen LogP contribution >= 0.6 is 44.8 Å². The molecule has 2 atom stereocenters. The zero-order chi connectivity index (χ0) is 11.4. The lowest BCUT2D eigenvalue weighted by molar-refractivity contribution is 0.223. The molecule has 0 aromatic heterocycles. The average Bonchev–Trinajstić information content (AvgIpc) is 2.26. The minimum absolute atomic E-state index is 0.256. The molecule has 0 saturated carbocycles. The van der Waals surface area contributed by atoms with Crippen LogP contribution < -0.4 is 0 Å². The number of hydrogen-bond acceptors (Lipinski definition) is 5. The van der Waals surface area contributed by atoms with Gasteiger partial charge >= 0.3 is 0 Å². The lowest BCUT2D eigenvalue weighted by atomic mass is 10.5. The molecule has 0 fully saturated rings. The van der Waals surface area contributed by atoms with Gasteiger partial charge in [0.05, 0.1) is 12.2 Å². The van der Waals surface area contributed by atoms with Crippen LogP contribution in [0.4, 0.5) is 0 Å². The Morgan fingerprint density at radius 1 is 0.929 bits per heavy atom. The van der Waals surface area contributed by atoms with Gasteiger partial charge < -0.3 is 15.3 Å². The Labute approximate surface area is 103 Å². The summed E-state index contributed by atoms with van der Waals surface area (Å²) in [6.45, 7) is 0. The molecule has 14 heavy (non-hydrogen) atoms. The molecule has 0 radical (unpaired) electrons. The van der Waals surface area contributed by atoms with E-state index in [0.29, 0.717) is 11.5 Å². The van der Waals surface area contributed by atoms with E-state index < -0.39 is 12.2 Å². The van der Waals surface area contributed by atoms with E-state index in [1.54, 1.807) is 0 Å². The van der Waals surface area contributed by atoms with Crippen molar-refractivity contribution in [1.82, 2.24) is 0 Å². The van der Waals surface area contributed by atoms with Crippen molar-refractivity contribution in [3.05, 3.63) is 0 Å². The van der Waals surface area contributed by atoms with Gasteiger partial charge in [-0.2, -0.15) is 0 Å². The highest BCUT2D eigenvalue weighted by Crippen LogP contribution is 2.23. The Hall–Kier alpha value is 1.16. The normalized spacial score (nSPS) is 14.1. The van der Waals surface area contributed by atoms with Crippen molar-refractivity contribution in [3.8, 4) is 0 Å². The zero-order valence-electron chi connectivity index (χ0n) is 7.90. The molecule has 0 bridgehead atoms. The summed E-state index contributed by atoms with van der Waals surface area (Å²) < 4.78 is 0. The van der Waals surface area contributed by atoms with Crippen LogP contribution in [0.3, 0.4) is 0 Å². The molecule has 0 aromatic carbocycles. The minimum Gasteiger partial charge on any atom is -0.400 e. The summed E-state index contributed by atoms with van der Waals surface area (Å²) in [5.41, 5.74) is 0. The van der Waals surface area contributed by atoms with E-state index in [0.717, 1.165) is 7.11 Å². The van der Waals surface area contributed by atoms with E-state index in [9.17, 15) is 0 Å². The summed E-state index contributed by atoms with van der Waals surface area (Å²) in [6, 6.07) is 0. The van der Waals surface area contributed by atoms with Crippen LogP contribution in [0.2, 0.25) is 0 Å². The summed E-state index contributed by atoms with van der Waals surface area (Å²) in [4.78, 5) is 0. The molecule has 3 N–H and O–H groups in total. The van der Waals surface area contributed by atoms with E-state index in [-0.39, 0.29) is 11.8 Å². The van der Waals surface area contributed by atoms with Gasteiger partial charge in [0.1, 0.15) is 0 Å². The predicted octanol–water partition coefficient (Wildman–Crippen LogP) is 1.18. The van der Waals surface area contributed by atoms with Crippen LogP contribution in [0.1, 0.15) is 0 Å². The van der Waals surface area contributed by atoms with Crippen molar-refractivity contribution in [2.24, 2.45) is 0 Å². The number of hydrogen-bond donors (Lipinski definition) is 3. The van der Waals surface area contributed by atoms with Gasteiger partial charge in [0.2, 0.25) is 0 Å². The van der Waals surface area contributed by atoms with Gasteiger partial charge in [-0.05, 0) is 0 Å². The Balaban J connectivity index is 0. The second kappa shape index (κ2) is 14.2. The maximum atomic E-state index is 9.03. The zero-order valence-corrected chi connectivity index (χ0v) is 11.0. The van der Waals surface area contributed by atoms with Crippen LogP contribution in [0.25, 0.3) is 0 Å². The van der Waals surface area contributed by atoms with E-state index in [4.69, 9.17) is 38.5 Å². The van der Waals surface area contributed by atoms with Crippen molar-refractivity contribution in [3.63, 3.8) is 0 Å². The number of halogens is 2. The van der Waals surface area contributed by atoms with Crippen molar-refractivity contribution >= 4 is 44.8 Å². The molecule has 2 unspecified atom stereocenters. The number of aliphatic hydroxyl groups is 3. The van der Waals surface area contributed by atoms with E-state index >= 15 is 0 Å². The van der Waals surface area contributed by atoms with Crippen LogP contribution in [0, 0.1) is 0 Å². The van der Waals surface area contributed by atoms with E-state index in [2.05, 4.69) is 0 Å². The highest BCUT2D eigenvalue weighted by atomic mass is 35.5. The molecular formula is C7H16Cl2O3S2. The molecule has 0 rings (SSSR count). The van der Waals surface area contributed by atoms with Crippen LogP contribution in [-0.4, -0.2) is 57.9 Å². The summed E-state index contributed by atoms with van der Waals surface area (Å²) in [7, 11) is 3.99. The lowest BCUT2D eigenvalue weighted by Gasteiger charge is -2.07. The SMILES string of the molecule is CO.OC(CCl)CSSCC(O)CCl. The fraction of sp³-hybridized carbons (Fsp3) is 1.00. The predicted molar refractivity (Wildman–Crippen MR) is 66.5 cm³/mol. The maximum Gasteiger partial charge on any atom is 0.0774 e. The van der Waals surface area contributed by atoms with Crippen molar-refractivity contribution in [2.45, 2.75) is 12.2 Å². The molecule has 0 aliphatic carbocycles. The number of aliphatic hydroxyl groups excluding tert-OH is 3. The number of rotatable bonds is 7. The van der Waals surface area contributed by atoms with Gasteiger partial charge in [-0.1, -0.05) is 21.6 Å². The summed E-state index contributed by atoms with van der Waals surface area (Å²) in [5, 5.41) is 25.1. The van der Waals surface area contributed by atoms with E-state index in [1.807, 2.05) is 0 Å².